The fourth-order valence-corrected chi connectivity index (χ4v) is 3.50. The first kappa shape index (κ1) is 20.4. The van der Waals surface area contributed by atoms with Gasteiger partial charge >= 0.3 is 5.97 Å². The number of rotatable bonds is 7. The van der Waals surface area contributed by atoms with Crippen molar-refractivity contribution < 1.29 is 18.7 Å². The summed E-state index contributed by atoms with van der Waals surface area (Å²) in [5.74, 6) is -0.254. The van der Waals surface area contributed by atoms with E-state index in [1.807, 2.05) is 0 Å². The highest BCUT2D eigenvalue weighted by Crippen LogP contribution is 2.22. The average molecular weight is 439 g/mol. The zero-order chi connectivity index (χ0) is 21.8. The minimum atomic E-state index is -0.459. The first-order valence-electron chi connectivity index (χ1n) is 9.27. The number of thioether (sulfide) groups is 1. The summed E-state index contributed by atoms with van der Waals surface area (Å²) in [7, 11) is 0. The number of carbonyl (C=O) groups excluding carboxylic acids is 2. The van der Waals surface area contributed by atoms with Crippen LogP contribution in [0.4, 0.5) is 5.69 Å². The van der Waals surface area contributed by atoms with E-state index in [2.05, 4.69) is 20.6 Å². The fraction of sp³-hybridized carbons (Fsp3) is 0.150. The Bertz CT molecular complexity index is 1300. The predicted octanol–water partition coefficient (Wildman–Crippen LogP) is 2.59. The molecule has 0 radical (unpaired) electrons. The van der Waals surface area contributed by atoms with Crippen LogP contribution in [-0.4, -0.2) is 44.0 Å². The van der Waals surface area contributed by atoms with Crippen molar-refractivity contribution in [3.8, 4) is 11.5 Å². The van der Waals surface area contributed by atoms with Gasteiger partial charge in [0.2, 0.25) is 11.1 Å². The number of ether oxygens (including phenoxy) is 1. The van der Waals surface area contributed by atoms with E-state index in [9.17, 15) is 14.4 Å². The summed E-state index contributed by atoms with van der Waals surface area (Å²) in [5, 5.41) is 13.8. The summed E-state index contributed by atoms with van der Waals surface area (Å²) in [6, 6.07) is 11.5. The number of aromatic nitrogens is 4. The second-order valence-electron chi connectivity index (χ2n) is 6.28. The molecule has 0 aliphatic heterocycles. The fourth-order valence-electron chi connectivity index (χ4n) is 2.80. The molecule has 158 valence electrons. The lowest BCUT2D eigenvalue weighted by Crippen LogP contribution is -2.17. The Morgan fingerprint density at radius 1 is 1.26 bits per heavy atom. The highest BCUT2D eigenvalue weighted by Gasteiger charge is 2.15. The Hall–Kier alpha value is -3.86. The number of nitrogens with one attached hydrogen (secondary N) is 2. The van der Waals surface area contributed by atoms with Crippen molar-refractivity contribution in [1.29, 1.82) is 0 Å². The van der Waals surface area contributed by atoms with Crippen molar-refractivity contribution in [3.05, 3.63) is 64.6 Å². The second kappa shape index (κ2) is 8.88. The first-order chi connectivity index (χ1) is 15.0. The summed E-state index contributed by atoms with van der Waals surface area (Å²) in [6.45, 7) is 1.99. The van der Waals surface area contributed by atoms with E-state index in [0.717, 1.165) is 11.8 Å². The molecule has 0 saturated carbocycles. The summed E-state index contributed by atoms with van der Waals surface area (Å²) in [4.78, 5) is 36.3. The number of carbonyl (C=O) groups is 2. The smallest absolute Gasteiger partial charge is 0.338 e. The number of furan rings is 1. The molecule has 10 nitrogen and oxygen atoms in total. The molecular weight excluding hydrogens is 422 g/mol. The molecular formula is C20H17N5O5S. The maximum atomic E-state index is 12.4. The third kappa shape index (κ3) is 4.51. The molecule has 0 aliphatic rings. The van der Waals surface area contributed by atoms with Crippen molar-refractivity contribution in [2.45, 2.75) is 12.1 Å². The van der Waals surface area contributed by atoms with Crippen molar-refractivity contribution in [1.82, 2.24) is 19.8 Å². The number of hydrogen-bond acceptors (Lipinski definition) is 8. The quantitative estimate of drug-likeness (QED) is 0.332. The van der Waals surface area contributed by atoms with Crippen LogP contribution in [0.2, 0.25) is 0 Å². The third-order valence-corrected chi connectivity index (χ3v) is 5.07. The summed E-state index contributed by atoms with van der Waals surface area (Å²) in [5.41, 5.74) is 1.17. The van der Waals surface area contributed by atoms with Crippen molar-refractivity contribution >= 4 is 34.8 Å². The van der Waals surface area contributed by atoms with E-state index in [1.54, 1.807) is 49.4 Å². The number of fused-ring (bicyclic) bond motifs is 1. The molecule has 4 aromatic rings. The van der Waals surface area contributed by atoms with Gasteiger partial charge in [0.25, 0.3) is 5.56 Å². The van der Waals surface area contributed by atoms with E-state index in [4.69, 9.17) is 9.15 Å². The van der Waals surface area contributed by atoms with Crippen molar-refractivity contribution in [2.24, 2.45) is 0 Å². The molecule has 0 aliphatic carbocycles. The highest BCUT2D eigenvalue weighted by molar-refractivity contribution is 7.99. The van der Waals surface area contributed by atoms with Crippen LogP contribution in [0, 0.1) is 0 Å². The van der Waals surface area contributed by atoms with Crippen LogP contribution in [-0.2, 0) is 9.53 Å². The number of aromatic amines is 1. The molecule has 0 spiro atoms. The Kier molecular flexibility index (Phi) is 5.85. The molecule has 1 amide bonds. The van der Waals surface area contributed by atoms with Gasteiger partial charge in [0.15, 0.2) is 5.76 Å². The van der Waals surface area contributed by atoms with Crippen LogP contribution < -0.4 is 10.9 Å². The van der Waals surface area contributed by atoms with Crippen LogP contribution in [0.25, 0.3) is 17.0 Å². The van der Waals surface area contributed by atoms with E-state index in [0.29, 0.717) is 27.9 Å². The summed E-state index contributed by atoms with van der Waals surface area (Å²) in [6.07, 6.45) is 1.51. The monoisotopic (exact) mass is 439 g/mol. The molecule has 0 unspecified atom stereocenters. The lowest BCUT2D eigenvalue weighted by atomic mass is 10.2. The van der Waals surface area contributed by atoms with Crippen LogP contribution in [0.5, 0.6) is 0 Å². The van der Waals surface area contributed by atoms with Gasteiger partial charge in [-0.2, -0.15) is 5.10 Å². The molecule has 0 fully saturated rings. The van der Waals surface area contributed by atoms with Gasteiger partial charge < -0.3 is 14.5 Å². The van der Waals surface area contributed by atoms with Crippen molar-refractivity contribution in [3.63, 3.8) is 0 Å². The molecule has 0 saturated heterocycles. The summed E-state index contributed by atoms with van der Waals surface area (Å²) < 4.78 is 11.7. The van der Waals surface area contributed by atoms with Gasteiger partial charge in [0.05, 0.1) is 24.2 Å². The third-order valence-electron chi connectivity index (χ3n) is 4.14. The van der Waals surface area contributed by atoms with Gasteiger partial charge in [-0.05, 0) is 37.3 Å². The first-order valence-corrected chi connectivity index (χ1v) is 10.3. The lowest BCUT2D eigenvalue weighted by molar-refractivity contribution is -0.113. The Morgan fingerprint density at radius 3 is 2.90 bits per heavy atom. The van der Waals surface area contributed by atoms with Gasteiger partial charge in [-0.1, -0.05) is 17.8 Å². The van der Waals surface area contributed by atoms with Gasteiger partial charge in [0.1, 0.15) is 11.2 Å². The molecule has 2 N–H and O–H groups in total. The van der Waals surface area contributed by atoms with E-state index >= 15 is 0 Å². The largest absolute Gasteiger partial charge is 0.463 e. The molecule has 0 atom stereocenters. The molecule has 4 rings (SSSR count). The van der Waals surface area contributed by atoms with Crippen LogP contribution in [0.15, 0.2) is 63.1 Å². The zero-order valence-corrected chi connectivity index (χ0v) is 17.1. The minimum Gasteiger partial charge on any atom is -0.463 e. The van der Waals surface area contributed by atoms with Crippen molar-refractivity contribution in [2.75, 3.05) is 17.7 Å². The standard InChI is InChI=1S/C20H17N5O5S/c1-2-29-19(28)12-5-3-6-13(9-12)21-17(26)11-31-20-23-22-18(27)15-10-14(24-25(15)20)16-7-4-8-30-16/h3-10H,2,11H2,1H3,(H,21,26)(H,22,27). The SMILES string of the molecule is CCOC(=O)c1cccc(NC(=O)CSc2n[nH]c(=O)c3cc(-c4ccco4)nn23)c1. The minimum absolute atomic E-state index is 0.00766. The van der Waals surface area contributed by atoms with Gasteiger partial charge in [-0.15, -0.1) is 5.10 Å². The van der Waals surface area contributed by atoms with Crippen LogP contribution in [0.3, 0.4) is 0 Å². The van der Waals surface area contributed by atoms with E-state index < -0.39 is 11.5 Å². The lowest BCUT2D eigenvalue weighted by Gasteiger charge is -2.07. The number of esters is 1. The maximum absolute atomic E-state index is 12.4. The van der Waals surface area contributed by atoms with Gasteiger partial charge in [-0.25, -0.2) is 14.4 Å². The normalized spacial score (nSPS) is 10.9. The molecule has 1 aromatic carbocycles. The van der Waals surface area contributed by atoms with Crippen LogP contribution >= 0.6 is 11.8 Å². The zero-order valence-electron chi connectivity index (χ0n) is 16.3. The second-order valence-corrected chi connectivity index (χ2v) is 7.22. The number of H-pyrrole nitrogens is 1. The van der Waals surface area contributed by atoms with E-state index in [-0.39, 0.29) is 23.8 Å². The number of anilines is 1. The number of amides is 1. The highest BCUT2D eigenvalue weighted by atomic mass is 32.2. The van der Waals surface area contributed by atoms with E-state index in [1.165, 1.54) is 10.8 Å². The maximum Gasteiger partial charge on any atom is 0.338 e. The van der Waals surface area contributed by atoms with Gasteiger partial charge in [0, 0.05) is 11.8 Å². The average Bonchev–Trinajstić information content (AvgIpc) is 3.44. The Labute approximate surface area is 179 Å². The molecule has 31 heavy (non-hydrogen) atoms. The molecule has 3 aromatic heterocycles. The molecule has 3 heterocycles. The number of benzene rings is 1. The number of nitrogens with zero attached hydrogens (tertiary/aromatic N) is 3. The Morgan fingerprint density at radius 2 is 2.13 bits per heavy atom. The topological polar surface area (TPSA) is 132 Å². The van der Waals surface area contributed by atoms with Gasteiger partial charge in [-0.3, -0.25) is 9.59 Å². The van der Waals surface area contributed by atoms with Crippen LogP contribution in [0.1, 0.15) is 17.3 Å². The number of hydrogen-bond donors (Lipinski definition) is 2. The molecule has 11 heteroatoms. The Balaban J connectivity index is 1.47. The molecule has 0 bridgehead atoms. The summed E-state index contributed by atoms with van der Waals surface area (Å²) >= 11 is 1.10. The predicted molar refractivity (Wildman–Crippen MR) is 113 cm³/mol.